The van der Waals surface area contributed by atoms with Crippen LogP contribution in [0.5, 0.6) is 0 Å². The minimum absolute atomic E-state index is 0.395. The van der Waals surface area contributed by atoms with E-state index in [4.69, 9.17) is 10.9 Å². The molecule has 0 saturated carbocycles. The predicted octanol–water partition coefficient (Wildman–Crippen LogP) is 1.96. The molecule has 1 aromatic rings. The first-order valence-electron chi connectivity index (χ1n) is 4.55. The van der Waals surface area contributed by atoms with E-state index in [0.717, 1.165) is 10.0 Å². The number of primary amides is 1. The molecule has 0 aliphatic carbocycles. The summed E-state index contributed by atoms with van der Waals surface area (Å²) in [6, 6.07) is 5.82. The maximum absolute atomic E-state index is 10.6. The molecule has 0 heterocycles. The number of urea groups is 1. The monoisotopic (exact) mass is 282 g/mol. The number of carbonyl (C=O) groups is 1. The summed E-state index contributed by atoms with van der Waals surface area (Å²) in [7, 11) is 0. The van der Waals surface area contributed by atoms with E-state index in [0.29, 0.717) is 5.06 Å². The lowest BCUT2D eigenvalue weighted by Crippen LogP contribution is -2.38. The fourth-order valence-corrected chi connectivity index (χ4v) is 1.24. The minimum Gasteiger partial charge on any atom is -0.350 e. The number of hydrogen-bond acceptors (Lipinski definition) is 2. The topological polar surface area (TPSA) is 66.6 Å². The number of halogens is 1. The van der Waals surface area contributed by atoms with E-state index in [1.807, 2.05) is 24.3 Å². The van der Waals surface area contributed by atoms with Crippen LogP contribution in [0.4, 0.5) is 4.79 Å². The van der Waals surface area contributed by atoms with Crippen molar-refractivity contribution in [3.63, 3.8) is 0 Å². The van der Waals surface area contributed by atoms with E-state index in [1.165, 1.54) is 0 Å². The van der Waals surface area contributed by atoms with Gasteiger partial charge < -0.3 is 5.73 Å². The van der Waals surface area contributed by atoms with Crippen molar-refractivity contribution in [1.29, 1.82) is 0 Å². The Balaban J connectivity index is 2.74. The van der Waals surface area contributed by atoms with Crippen molar-refractivity contribution in [2.75, 3.05) is 0 Å². The van der Waals surface area contributed by atoms with Gasteiger partial charge in [0.1, 0.15) is 6.04 Å². The Kier molecular flexibility index (Phi) is 4.35. The van der Waals surface area contributed by atoms with Crippen LogP contribution in [-0.4, -0.2) is 22.3 Å². The molecule has 1 aromatic carbocycles. The number of hydrogen-bond donors (Lipinski definition) is 2. The Morgan fingerprint density at radius 1 is 1.50 bits per heavy atom. The van der Waals surface area contributed by atoms with Crippen molar-refractivity contribution >= 4 is 22.0 Å². The molecule has 0 fully saturated rings. The average molecular weight is 283 g/mol. The summed E-state index contributed by atoms with van der Waals surface area (Å²) in [4.78, 5) is 10.6. The Morgan fingerprint density at radius 3 is 2.56 bits per heavy atom. The first-order chi connectivity index (χ1) is 7.50. The van der Waals surface area contributed by atoms with Crippen LogP contribution in [0.1, 0.15) is 12.5 Å². The molecule has 1 rings (SSSR count). The molecule has 0 aliphatic heterocycles. The van der Waals surface area contributed by atoms with Gasteiger partial charge in [-0.05, 0) is 31.2 Å². The summed E-state index contributed by atoms with van der Waals surface area (Å²) >= 11 is 3.31. The lowest BCUT2D eigenvalue weighted by Gasteiger charge is -2.14. The number of nitrogens with zero attached hydrogens (tertiary/aromatic N) is 1. The first-order valence-corrected chi connectivity index (χ1v) is 5.34. The van der Waals surface area contributed by atoms with E-state index >= 15 is 0 Å². The Hall–Kier alpha value is -1.51. The Bertz CT molecular complexity index is 434. The molecule has 0 saturated heterocycles. The lowest BCUT2D eigenvalue weighted by molar-refractivity contribution is -0.0536. The zero-order chi connectivity index (χ0) is 12.1. The molecule has 0 radical (unpaired) electrons. The van der Waals surface area contributed by atoms with Crippen LogP contribution in [0.25, 0.3) is 0 Å². The largest absolute Gasteiger partial charge is 0.350 e. The summed E-state index contributed by atoms with van der Waals surface area (Å²) in [5.74, 6) is 5.54. The Labute approximate surface area is 102 Å². The van der Waals surface area contributed by atoms with Crippen LogP contribution in [0.2, 0.25) is 0 Å². The van der Waals surface area contributed by atoms with E-state index in [9.17, 15) is 4.79 Å². The molecule has 1 atom stereocenters. The van der Waals surface area contributed by atoms with Crippen LogP contribution in [0, 0.1) is 11.8 Å². The quantitative estimate of drug-likeness (QED) is 0.470. The Morgan fingerprint density at radius 2 is 2.06 bits per heavy atom. The van der Waals surface area contributed by atoms with Gasteiger partial charge in [0.25, 0.3) is 0 Å². The fraction of sp³-hybridized carbons (Fsp3) is 0.182. The highest BCUT2D eigenvalue weighted by Crippen LogP contribution is 2.09. The molecule has 1 unspecified atom stereocenters. The zero-order valence-electron chi connectivity index (χ0n) is 8.64. The number of rotatable bonds is 1. The second-order valence-corrected chi connectivity index (χ2v) is 4.05. The van der Waals surface area contributed by atoms with Crippen LogP contribution < -0.4 is 5.73 Å². The summed E-state index contributed by atoms with van der Waals surface area (Å²) in [6.07, 6.45) is 0. The van der Waals surface area contributed by atoms with Crippen molar-refractivity contribution < 1.29 is 10.0 Å². The molecular formula is C11H11BrN2O2. The van der Waals surface area contributed by atoms with E-state index in [1.54, 1.807) is 6.92 Å². The summed E-state index contributed by atoms with van der Waals surface area (Å²) in [5, 5.41) is 9.56. The zero-order valence-corrected chi connectivity index (χ0v) is 10.2. The highest BCUT2D eigenvalue weighted by Gasteiger charge is 2.11. The molecule has 84 valence electrons. The van der Waals surface area contributed by atoms with E-state index in [-0.39, 0.29) is 0 Å². The summed E-state index contributed by atoms with van der Waals surface area (Å²) in [6.45, 7) is 1.58. The van der Waals surface area contributed by atoms with Gasteiger partial charge in [-0.2, -0.15) is 5.06 Å². The highest BCUT2D eigenvalue weighted by molar-refractivity contribution is 9.10. The minimum atomic E-state index is -0.919. The van der Waals surface area contributed by atoms with Gasteiger partial charge in [-0.1, -0.05) is 27.8 Å². The van der Waals surface area contributed by atoms with Crippen LogP contribution in [-0.2, 0) is 0 Å². The van der Waals surface area contributed by atoms with Crippen molar-refractivity contribution in [2.24, 2.45) is 5.73 Å². The normalized spacial score (nSPS) is 11.2. The molecule has 16 heavy (non-hydrogen) atoms. The number of amides is 2. The predicted molar refractivity (Wildman–Crippen MR) is 63.7 cm³/mol. The van der Waals surface area contributed by atoms with Gasteiger partial charge in [0.2, 0.25) is 0 Å². The van der Waals surface area contributed by atoms with Gasteiger partial charge in [0.15, 0.2) is 0 Å². The lowest BCUT2D eigenvalue weighted by atomic mass is 10.2. The molecule has 4 nitrogen and oxygen atoms in total. The van der Waals surface area contributed by atoms with Crippen LogP contribution >= 0.6 is 15.9 Å². The molecule has 0 bridgehead atoms. The third-order valence-electron chi connectivity index (χ3n) is 1.86. The number of nitrogens with two attached hydrogens (primary N) is 1. The van der Waals surface area contributed by atoms with Gasteiger partial charge in [-0.15, -0.1) is 0 Å². The number of hydroxylamine groups is 2. The van der Waals surface area contributed by atoms with E-state index < -0.39 is 12.1 Å². The van der Waals surface area contributed by atoms with Gasteiger partial charge in [0.05, 0.1) is 0 Å². The molecule has 0 aliphatic rings. The molecule has 3 N–H and O–H groups in total. The molecule has 5 heteroatoms. The van der Waals surface area contributed by atoms with Gasteiger partial charge in [-0.3, -0.25) is 5.21 Å². The smallest absolute Gasteiger partial charge is 0.339 e. The molecule has 0 spiro atoms. The molecule has 0 aromatic heterocycles. The molecular weight excluding hydrogens is 272 g/mol. The molecule has 2 amide bonds. The van der Waals surface area contributed by atoms with Crippen LogP contribution in [0.15, 0.2) is 28.7 Å². The van der Waals surface area contributed by atoms with Crippen molar-refractivity contribution in [3.05, 3.63) is 34.3 Å². The number of benzene rings is 1. The first kappa shape index (κ1) is 12.6. The van der Waals surface area contributed by atoms with Gasteiger partial charge in [-0.25, -0.2) is 4.79 Å². The maximum Gasteiger partial charge on any atom is 0.339 e. The van der Waals surface area contributed by atoms with E-state index in [2.05, 4.69) is 27.8 Å². The third kappa shape index (κ3) is 3.57. The average Bonchev–Trinajstić information content (AvgIpc) is 2.26. The second-order valence-electron chi connectivity index (χ2n) is 3.14. The second kappa shape index (κ2) is 5.54. The van der Waals surface area contributed by atoms with Crippen molar-refractivity contribution in [1.82, 2.24) is 5.06 Å². The van der Waals surface area contributed by atoms with Gasteiger partial charge in [0, 0.05) is 10.0 Å². The van der Waals surface area contributed by atoms with Crippen molar-refractivity contribution in [2.45, 2.75) is 13.0 Å². The standard InChI is InChI=1S/C11H11BrN2O2/c1-8(14(16)11(13)15)2-3-9-4-6-10(12)7-5-9/h4-8,16H,1H3,(H2,13,15). The highest BCUT2D eigenvalue weighted by atomic mass is 79.9. The van der Waals surface area contributed by atoms with Gasteiger partial charge >= 0.3 is 6.03 Å². The van der Waals surface area contributed by atoms with Crippen LogP contribution in [0.3, 0.4) is 0 Å². The summed E-state index contributed by atoms with van der Waals surface area (Å²) < 4.78 is 0.965. The van der Waals surface area contributed by atoms with Crippen molar-refractivity contribution in [3.8, 4) is 11.8 Å². The maximum atomic E-state index is 10.6. The SMILES string of the molecule is CC(C#Cc1ccc(Br)cc1)N(O)C(N)=O. The number of carbonyl (C=O) groups excluding carboxylic acids is 1. The third-order valence-corrected chi connectivity index (χ3v) is 2.39. The fourth-order valence-electron chi connectivity index (χ4n) is 0.973. The summed E-state index contributed by atoms with van der Waals surface area (Å²) in [5.41, 5.74) is 5.69.